The van der Waals surface area contributed by atoms with Gasteiger partial charge in [-0.2, -0.15) is 4.31 Å². The van der Waals surface area contributed by atoms with Crippen molar-refractivity contribution in [1.82, 2.24) is 14.3 Å². The summed E-state index contributed by atoms with van der Waals surface area (Å²) >= 11 is 0. The highest BCUT2D eigenvalue weighted by atomic mass is 32.2. The normalized spacial score (nSPS) is 19.3. The number of hydrogen-bond donors (Lipinski definition) is 2. The van der Waals surface area contributed by atoms with Crippen LogP contribution >= 0.6 is 0 Å². The van der Waals surface area contributed by atoms with Gasteiger partial charge in [0.15, 0.2) is 0 Å². The van der Waals surface area contributed by atoms with Crippen molar-refractivity contribution in [3.63, 3.8) is 0 Å². The van der Waals surface area contributed by atoms with Crippen molar-refractivity contribution in [2.45, 2.75) is 36.1 Å². The third kappa shape index (κ3) is 4.10. The third-order valence-corrected chi connectivity index (χ3v) is 7.41. The molecule has 0 aromatic heterocycles. The molecular formula is C14H23N3O4S2. The monoisotopic (exact) mass is 361 g/mol. The molecule has 1 heterocycles. The van der Waals surface area contributed by atoms with Gasteiger partial charge in [-0.25, -0.2) is 21.6 Å². The topological polar surface area (TPSA) is 95.6 Å². The maximum absolute atomic E-state index is 12.5. The lowest BCUT2D eigenvalue weighted by atomic mass is 10.3. The van der Waals surface area contributed by atoms with E-state index < -0.39 is 20.0 Å². The number of rotatable bonds is 7. The van der Waals surface area contributed by atoms with Gasteiger partial charge in [-0.15, -0.1) is 0 Å². The van der Waals surface area contributed by atoms with E-state index in [1.807, 2.05) is 0 Å². The molecule has 1 atom stereocenters. The van der Waals surface area contributed by atoms with Crippen LogP contribution in [0.5, 0.6) is 0 Å². The van der Waals surface area contributed by atoms with Crippen LogP contribution in [-0.2, 0) is 20.0 Å². The van der Waals surface area contributed by atoms with Crippen LogP contribution in [0, 0.1) is 0 Å². The van der Waals surface area contributed by atoms with Crippen LogP contribution in [0.4, 0.5) is 0 Å². The van der Waals surface area contributed by atoms with Gasteiger partial charge in [0.2, 0.25) is 20.0 Å². The molecule has 1 fully saturated rings. The van der Waals surface area contributed by atoms with Crippen molar-refractivity contribution in [2.24, 2.45) is 0 Å². The van der Waals surface area contributed by atoms with Crippen molar-refractivity contribution in [1.29, 1.82) is 0 Å². The summed E-state index contributed by atoms with van der Waals surface area (Å²) in [4.78, 5) is -0.0359. The molecule has 0 aliphatic carbocycles. The summed E-state index contributed by atoms with van der Waals surface area (Å²) in [5, 5.41) is 3.08. The van der Waals surface area contributed by atoms with Crippen LogP contribution in [0.25, 0.3) is 0 Å². The minimum absolute atomic E-state index is 0.00591. The quantitative estimate of drug-likeness (QED) is 0.731. The molecule has 9 heteroatoms. The summed E-state index contributed by atoms with van der Waals surface area (Å²) in [5.74, 6) is 0. The number of nitrogens with one attached hydrogen (secondary N) is 2. The van der Waals surface area contributed by atoms with Crippen LogP contribution in [0.1, 0.15) is 20.3 Å². The number of nitrogens with zero attached hydrogens (tertiary/aromatic N) is 1. The number of sulfonamides is 2. The minimum Gasteiger partial charge on any atom is -0.315 e. The predicted octanol–water partition coefficient (Wildman–Crippen LogP) is 0.357. The highest BCUT2D eigenvalue weighted by Gasteiger charge is 2.26. The second-order valence-corrected chi connectivity index (χ2v) is 9.03. The molecule has 0 bridgehead atoms. The van der Waals surface area contributed by atoms with Gasteiger partial charge in [0.1, 0.15) is 0 Å². The summed E-state index contributed by atoms with van der Waals surface area (Å²) in [6, 6.07) is 5.34. The minimum atomic E-state index is -3.74. The van der Waals surface area contributed by atoms with Gasteiger partial charge in [-0.05, 0) is 31.2 Å². The molecule has 1 aliphatic heterocycles. The van der Waals surface area contributed by atoms with Crippen molar-refractivity contribution >= 4 is 20.0 Å². The van der Waals surface area contributed by atoms with E-state index in [0.29, 0.717) is 19.6 Å². The molecule has 1 saturated heterocycles. The van der Waals surface area contributed by atoms with Gasteiger partial charge in [0.05, 0.1) is 9.79 Å². The number of benzene rings is 1. The zero-order valence-electron chi connectivity index (χ0n) is 13.3. The molecule has 1 aliphatic rings. The Bertz CT molecular complexity index is 737. The van der Waals surface area contributed by atoms with Crippen LogP contribution in [0.3, 0.4) is 0 Å². The smallest absolute Gasteiger partial charge is 0.243 e. The second-order valence-electron chi connectivity index (χ2n) is 5.38. The Morgan fingerprint density at radius 2 is 1.83 bits per heavy atom. The summed E-state index contributed by atoms with van der Waals surface area (Å²) in [6.45, 7) is 5.51. The van der Waals surface area contributed by atoms with Crippen LogP contribution in [0.2, 0.25) is 0 Å². The summed E-state index contributed by atoms with van der Waals surface area (Å²) in [5.41, 5.74) is 0. The zero-order valence-corrected chi connectivity index (χ0v) is 15.0. The third-order valence-electron chi connectivity index (χ3n) is 3.84. The van der Waals surface area contributed by atoms with E-state index in [1.54, 1.807) is 13.8 Å². The Morgan fingerprint density at radius 1 is 1.17 bits per heavy atom. The first-order valence-electron chi connectivity index (χ1n) is 7.64. The van der Waals surface area contributed by atoms with E-state index in [4.69, 9.17) is 0 Å². The first-order chi connectivity index (χ1) is 10.8. The molecule has 0 radical (unpaired) electrons. The Hall–Kier alpha value is -1.00. The van der Waals surface area contributed by atoms with Crippen molar-refractivity contribution in [3.8, 4) is 0 Å². The highest BCUT2D eigenvalue weighted by Crippen LogP contribution is 2.20. The molecule has 0 saturated carbocycles. The maximum atomic E-state index is 12.5. The maximum Gasteiger partial charge on any atom is 0.243 e. The lowest BCUT2D eigenvalue weighted by molar-refractivity contribution is 0.445. The SMILES string of the molecule is CCN(CC)S(=O)(=O)c1cccc(S(=O)(=O)NC2CCNC2)c1. The predicted molar refractivity (Wildman–Crippen MR) is 88.1 cm³/mol. The molecule has 23 heavy (non-hydrogen) atoms. The first kappa shape index (κ1) is 18.3. The van der Waals surface area contributed by atoms with Gasteiger partial charge in [0, 0.05) is 25.7 Å². The first-order valence-corrected chi connectivity index (χ1v) is 10.6. The Labute approximate surface area is 138 Å². The average Bonchev–Trinajstić information content (AvgIpc) is 3.00. The van der Waals surface area contributed by atoms with Crippen molar-refractivity contribution < 1.29 is 16.8 Å². The van der Waals surface area contributed by atoms with Gasteiger partial charge < -0.3 is 5.32 Å². The van der Waals surface area contributed by atoms with Crippen molar-refractivity contribution in [2.75, 3.05) is 26.2 Å². The Balaban J connectivity index is 2.32. The van der Waals surface area contributed by atoms with Crippen LogP contribution in [-0.4, -0.2) is 53.4 Å². The Kier molecular flexibility index (Phi) is 5.79. The summed E-state index contributed by atoms with van der Waals surface area (Å²) in [6.07, 6.45) is 0.719. The molecular weight excluding hydrogens is 338 g/mol. The van der Waals surface area contributed by atoms with E-state index in [0.717, 1.165) is 13.0 Å². The molecule has 1 unspecified atom stereocenters. The van der Waals surface area contributed by atoms with Crippen LogP contribution in [0.15, 0.2) is 34.1 Å². The van der Waals surface area contributed by atoms with E-state index in [-0.39, 0.29) is 15.8 Å². The molecule has 130 valence electrons. The Morgan fingerprint density at radius 3 is 2.39 bits per heavy atom. The molecule has 0 amide bonds. The van der Waals surface area contributed by atoms with Gasteiger partial charge in [-0.3, -0.25) is 0 Å². The van der Waals surface area contributed by atoms with E-state index in [2.05, 4.69) is 10.0 Å². The lowest BCUT2D eigenvalue weighted by Crippen LogP contribution is -2.36. The van der Waals surface area contributed by atoms with Crippen molar-refractivity contribution in [3.05, 3.63) is 24.3 Å². The molecule has 2 N–H and O–H groups in total. The van der Waals surface area contributed by atoms with E-state index in [9.17, 15) is 16.8 Å². The fraction of sp³-hybridized carbons (Fsp3) is 0.571. The summed E-state index contributed by atoms with van der Waals surface area (Å²) < 4.78 is 53.8. The average molecular weight is 361 g/mol. The van der Waals surface area contributed by atoms with Gasteiger partial charge >= 0.3 is 0 Å². The standard InChI is InChI=1S/C14H23N3O4S2/c1-3-17(4-2)23(20,21)14-7-5-6-13(10-14)22(18,19)16-12-8-9-15-11-12/h5-7,10,12,15-16H,3-4,8-9,11H2,1-2H3. The van der Waals surface area contributed by atoms with Gasteiger partial charge in [0.25, 0.3) is 0 Å². The molecule has 1 aromatic rings. The lowest BCUT2D eigenvalue weighted by Gasteiger charge is -2.19. The fourth-order valence-corrected chi connectivity index (χ4v) is 5.45. The zero-order chi connectivity index (χ0) is 17.1. The van der Waals surface area contributed by atoms with Gasteiger partial charge in [-0.1, -0.05) is 19.9 Å². The van der Waals surface area contributed by atoms with Crippen LogP contribution < -0.4 is 10.0 Å². The molecule has 2 rings (SSSR count). The largest absolute Gasteiger partial charge is 0.315 e. The molecule has 7 nitrogen and oxygen atoms in total. The highest BCUT2D eigenvalue weighted by molar-refractivity contribution is 7.90. The van der Waals surface area contributed by atoms with E-state index in [1.165, 1.54) is 28.6 Å². The summed E-state index contributed by atoms with van der Waals surface area (Å²) in [7, 11) is -7.42. The van der Waals surface area contributed by atoms with E-state index >= 15 is 0 Å². The number of hydrogen-bond acceptors (Lipinski definition) is 5. The molecule has 1 aromatic carbocycles. The second kappa shape index (κ2) is 7.27. The molecule has 0 spiro atoms. The fourth-order valence-electron chi connectivity index (χ4n) is 2.56.